The smallest absolute Gasteiger partial charge is 0.345 e. The van der Waals surface area contributed by atoms with Gasteiger partial charge in [-0.2, -0.15) is 0 Å². The second-order valence-corrected chi connectivity index (χ2v) is 4.66. The van der Waals surface area contributed by atoms with Gasteiger partial charge in [-0.15, -0.1) is 11.3 Å². The fraction of sp³-hybridized carbons (Fsp3) is 0.400. The van der Waals surface area contributed by atoms with Gasteiger partial charge in [0.2, 0.25) is 0 Å². The Bertz CT molecular complexity index is 438. The van der Waals surface area contributed by atoms with Crippen LogP contribution in [0.15, 0.2) is 6.07 Å². The van der Waals surface area contributed by atoms with Gasteiger partial charge in [0.15, 0.2) is 0 Å². The largest absolute Gasteiger partial charge is 0.481 e. The number of aliphatic hydroxyl groups excluding tert-OH is 2. The maximum atomic E-state index is 10.7. The van der Waals surface area contributed by atoms with Crippen molar-refractivity contribution in [3.63, 3.8) is 0 Å². The number of hydrogen-bond donors (Lipinski definition) is 4. The Morgan fingerprint density at radius 3 is 2.35 bits per heavy atom. The summed E-state index contributed by atoms with van der Waals surface area (Å²) in [7, 11) is 0. The van der Waals surface area contributed by atoms with Gasteiger partial charge in [0, 0.05) is 4.88 Å². The van der Waals surface area contributed by atoms with Crippen molar-refractivity contribution in [2.75, 3.05) is 0 Å². The van der Waals surface area contributed by atoms with Crippen LogP contribution in [-0.2, 0) is 4.79 Å². The second kappa shape index (κ2) is 5.26. The van der Waals surface area contributed by atoms with Crippen LogP contribution < -0.4 is 0 Å². The first-order chi connectivity index (χ1) is 7.82. The lowest BCUT2D eigenvalue weighted by Gasteiger charge is -2.15. The van der Waals surface area contributed by atoms with Crippen molar-refractivity contribution in [3.05, 3.63) is 21.4 Å². The van der Waals surface area contributed by atoms with Crippen LogP contribution in [0.3, 0.4) is 0 Å². The van der Waals surface area contributed by atoms with E-state index in [0.717, 1.165) is 11.3 Å². The highest BCUT2D eigenvalue weighted by Gasteiger charge is 2.25. The third-order valence-electron chi connectivity index (χ3n) is 2.18. The standard InChI is InChI=1S/C10H12O6S/c1-4-2-6(10(15)16)17-9(4)8(14)5(11)3-7(12)13/h2,5,8,11,14H,3H2,1H3,(H,12,13)(H,15,16). The number of aromatic carboxylic acids is 1. The number of carboxylic acids is 2. The van der Waals surface area contributed by atoms with E-state index in [-0.39, 0.29) is 9.75 Å². The second-order valence-electron chi connectivity index (χ2n) is 3.57. The number of rotatable bonds is 5. The fourth-order valence-electron chi connectivity index (χ4n) is 1.36. The zero-order valence-corrected chi connectivity index (χ0v) is 9.77. The molecule has 1 aromatic heterocycles. The highest BCUT2D eigenvalue weighted by molar-refractivity contribution is 7.14. The molecule has 6 nitrogen and oxygen atoms in total. The van der Waals surface area contributed by atoms with Crippen molar-refractivity contribution in [3.8, 4) is 0 Å². The van der Waals surface area contributed by atoms with Crippen LogP contribution >= 0.6 is 11.3 Å². The highest BCUT2D eigenvalue weighted by atomic mass is 32.1. The molecule has 0 bridgehead atoms. The number of aliphatic hydroxyl groups is 2. The Balaban J connectivity index is 2.91. The van der Waals surface area contributed by atoms with Crippen LogP contribution in [0.4, 0.5) is 0 Å². The van der Waals surface area contributed by atoms with Crippen molar-refractivity contribution < 1.29 is 30.0 Å². The van der Waals surface area contributed by atoms with Crippen LogP contribution in [0.2, 0.25) is 0 Å². The summed E-state index contributed by atoms with van der Waals surface area (Å²) in [5.74, 6) is -2.35. The van der Waals surface area contributed by atoms with Crippen molar-refractivity contribution >= 4 is 23.3 Å². The van der Waals surface area contributed by atoms with Gasteiger partial charge in [-0.05, 0) is 18.6 Å². The van der Waals surface area contributed by atoms with Gasteiger partial charge in [0.1, 0.15) is 11.0 Å². The van der Waals surface area contributed by atoms with E-state index in [0.29, 0.717) is 5.56 Å². The van der Waals surface area contributed by atoms with Crippen molar-refractivity contribution in [1.82, 2.24) is 0 Å². The SMILES string of the molecule is Cc1cc(C(=O)O)sc1C(O)C(O)CC(=O)O. The molecule has 0 fully saturated rings. The predicted molar refractivity (Wildman–Crippen MR) is 59.2 cm³/mol. The van der Waals surface area contributed by atoms with E-state index in [1.165, 1.54) is 6.07 Å². The molecule has 0 aliphatic carbocycles. The van der Waals surface area contributed by atoms with E-state index in [9.17, 15) is 19.8 Å². The minimum atomic E-state index is -1.45. The van der Waals surface area contributed by atoms with Crippen LogP contribution in [0, 0.1) is 6.92 Å². The summed E-state index contributed by atoms with van der Waals surface area (Å²) in [6.07, 6.45) is -3.43. The van der Waals surface area contributed by atoms with Gasteiger partial charge in [0.05, 0.1) is 12.5 Å². The zero-order chi connectivity index (χ0) is 13.2. The van der Waals surface area contributed by atoms with Gasteiger partial charge in [0.25, 0.3) is 0 Å². The fourth-order valence-corrected chi connectivity index (χ4v) is 2.42. The minimum absolute atomic E-state index is 0.0408. The average molecular weight is 260 g/mol. The molecule has 2 unspecified atom stereocenters. The van der Waals surface area contributed by atoms with Gasteiger partial charge in [-0.1, -0.05) is 0 Å². The minimum Gasteiger partial charge on any atom is -0.481 e. The molecule has 7 heteroatoms. The molecule has 4 N–H and O–H groups in total. The van der Waals surface area contributed by atoms with E-state index >= 15 is 0 Å². The summed E-state index contributed by atoms with van der Waals surface area (Å²) < 4.78 is 0. The summed E-state index contributed by atoms with van der Waals surface area (Å²) in [5.41, 5.74) is 0.518. The number of aryl methyl sites for hydroxylation is 1. The molecule has 0 radical (unpaired) electrons. The summed E-state index contributed by atoms with van der Waals surface area (Å²) in [4.78, 5) is 21.4. The van der Waals surface area contributed by atoms with E-state index < -0.39 is 30.6 Å². The lowest BCUT2D eigenvalue weighted by Crippen LogP contribution is -2.21. The van der Waals surface area contributed by atoms with Crippen molar-refractivity contribution in [1.29, 1.82) is 0 Å². The van der Waals surface area contributed by atoms with Crippen LogP contribution in [0.1, 0.15) is 32.6 Å². The Labute approximate surface area is 101 Å². The summed E-state index contributed by atoms with van der Waals surface area (Å²) in [6.45, 7) is 1.59. The van der Waals surface area contributed by atoms with Gasteiger partial charge >= 0.3 is 11.9 Å². The normalized spacial score (nSPS) is 14.3. The van der Waals surface area contributed by atoms with Crippen LogP contribution in [-0.4, -0.2) is 38.5 Å². The van der Waals surface area contributed by atoms with E-state index in [1.54, 1.807) is 6.92 Å². The molecule has 94 valence electrons. The third-order valence-corrected chi connectivity index (χ3v) is 3.48. The maximum absolute atomic E-state index is 10.7. The topological polar surface area (TPSA) is 115 Å². The first-order valence-corrected chi connectivity index (χ1v) is 5.56. The molecule has 0 aliphatic heterocycles. The first kappa shape index (κ1) is 13.6. The molecular formula is C10H12O6S. The van der Waals surface area contributed by atoms with E-state index in [2.05, 4.69) is 0 Å². The monoisotopic (exact) mass is 260 g/mol. The molecule has 0 spiro atoms. The van der Waals surface area contributed by atoms with Crippen LogP contribution in [0.25, 0.3) is 0 Å². The molecule has 1 rings (SSSR count). The van der Waals surface area contributed by atoms with E-state index in [4.69, 9.17) is 10.2 Å². The number of carboxylic acid groups (broad SMARTS) is 2. The van der Waals surface area contributed by atoms with Gasteiger partial charge in [-0.25, -0.2) is 4.79 Å². The summed E-state index contributed by atoms with van der Waals surface area (Å²) in [6, 6.07) is 1.37. The number of aliphatic carboxylic acids is 1. The van der Waals surface area contributed by atoms with E-state index in [1.807, 2.05) is 0 Å². The predicted octanol–water partition coefficient (Wildman–Crippen LogP) is 0.624. The zero-order valence-electron chi connectivity index (χ0n) is 8.95. The average Bonchev–Trinajstić information content (AvgIpc) is 2.58. The lowest BCUT2D eigenvalue weighted by atomic mass is 10.1. The number of hydrogen-bond acceptors (Lipinski definition) is 5. The summed E-state index contributed by atoms with van der Waals surface area (Å²) in [5, 5.41) is 36.4. The molecule has 1 aromatic rings. The van der Waals surface area contributed by atoms with Gasteiger partial charge < -0.3 is 20.4 Å². The molecular weight excluding hydrogens is 248 g/mol. The molecule has 0 aliphatic rings. The molecule has 0 amide bonds. The molecule has 2 atom stereocenters. The number of thiophene rings is 1. The molecule has 17 heavy (non-hydrogen) atoms. The third kappa shape index (κ3) is 3.26. The molecule has 0 saturated heterocycles. The number of carbonyl (C=O) groups is 2. The highest BCUT2D eigenvalue weighted by Crippen LogP contribution is 2.30. The molecule has 1 heterocycles. The Kier molecular flexibility index (Phi) is 4.22. The van der Waals surface area contributed by atoms with Crippen molar-refractivity contribution in [2.45, 2.75) is 25.6 Å². The van der Waals surface area contributed by atoms with Gasteiger partial charge in [-0.3, -0.25) is 4.79 Å². The Hall–Kier alpha value is -1.44. The lowest BCUT2D eigenvalue weighted by molar-refractivity contribution is -0.141. The first-order valence-electron chi connectivity index (χ1n) is 4.74. The molecule has 0 aromatic carbocycles. The maximum Gasteiger partial charge on any atom is 0.345 e. The van der Waals surface area contributed by atoms with Crippen LogP contribution in [0.5, 0.6) is 0 Å². The Morgan fingerprint density at radius 1 is 1.35 bits per heavy atom. The van der Waals surface area contributed by atoms with Crippen molar-refractivity contribution in [2.24, 2.45) is 0 Å². The molecule has 0 saturated carbocycles. The Morgan fingerprint density at radius 2 is 1.94 bits per heavy atom. The quantitative estimate of drug-likeness (QED) is 0.617. The summed E-state index contributed by atoms with van der Waals surface area (Å²) >= 11 is 0.829.